The van der Waals surface area contributed by atoms with Gasteiger partial charge in [0.05, 0.1) is 24.0 Å². The van der Waals surface area contributed by atoms with E-state index in [2.05, 4.69) is 5.32 Å². The number of nitrogens with one attached hydrogen (secondary N) is 1. The number of anilines is 1. The van der Waals surface area contributed by atoms with Crippen molar-refractivity contribution in [2.75, 3.05) is 25.0 Å². The second kappa shape index (κ2) is 11.4. The van der Waals surface area contributed by atoms with E-state index in [4.69, 9.17) is 4.74 Å². The van der Waals surface area contributed by atoms with E-state index in [1.165, 1.54) is 19.3 Å². The summed E-state index contributed by atoms with van der Waals surface area (Å²) in [5.41, 5.74) is -0.172. The highest BCUT2D eigenvalue weighted by Crippen LogP contribution is 2.35. The third kappa shape index (κ3) is 6.64. The summed E-state index contributed by atoms with van der Waals surface area (Å²) in [5, 5.41) is 12.2. The summed E-state index contributed by atoms with van der Waals surface area (Å²) in [6.07, 6.45) is 1.18. The van der Waals surface area contributed by atoms with Crippen molar-refractivity contribution < 1.29 is 31.4 Å². The van der Waals surface area contributed by atoms with Crippen LogP contribution in [0.3, 0.4) is 0 Å². The fraction of sp³-hybridized carbons (Fsp3) is 0.500. The van der Waals surface area contributed by atoms with E-state index in [1.807, 2.05) is 24.3 Å². The number of benzene rings is 2. The highest BCUT2D eigenvalue weighted by Gasteiger charge is 2.34. The van der Waals surface area contributed by atoms with Gasteiger partial charge < -0.3 is 15.2 Å². The minimum absolute atomic E-state index is 0.0149. The average molecular weight is 501 g/mol. The lowest BCUT2D eigenvalue weighted by molar-refractivity contribution is -0.137. The minimum Gasteiger partial charge on any atom is -0.490 e. The molecule has 1 aliphatic rings. The first-order chi connectivity index (χ1) is 16.1. The van der Waals surface area contributed by atoms with Gasteiger partial charge in [-0.3, -0.25) is 0 Å². The number of ether oxygens (including phenoxy) is 1. The van der Waals surface area contributed by atoms with Crippen LogP contribution in [-0.2, 0) is 22.7 Å². The quantitative estimate of drug-likeness (QED) is 0.478. The molecule has 0 saturated heterocycles. The van der Waals surface area contributed by atoms with Crippen LogP contribution in [0.1, 0.15) is 50.2 Å². The molecule has 10 heteroatoms. The van der Waals surface area contributed by atoms with Crippen molar-refractivity contribution >= 4 is 15.7 Å². The van der Waals surface area contributed by atoms with Crippen LogP contribution < -0.4 is 10.1 Å². The maximum atomic E-state index is 13.3. The molecule has 0 atom stereocenters. The predicted molar refractivity (Wildman–Crippen MR) is 124 cm³/mol. The fourth-order valence-electron chi connectivity index (χ4n) is 4.02. The molecule has 0 aromatic heterocycles. The molecule has 0 radical (unpaired) electrons. The third-order valence-corrected chi connectivity index (χ3v) is 7.90. The van der Waals surface area contributed by atoms with E-state index in [9.17, 15) is 26.7 Å². The monoisotopic (exact) mass is 500 g/mol. The number of halogens is 3. The molecule has 188 valence electrons. The first-order valence-electron chi connectivity index (χ1n) is 11.5. The van der Waals surface area contributed by atoms with E-state index < -0.39 is 33.3 Å². The van der Waals surface area contributed by atoms with Crippen LogP contribution in [-0.4, -0.2) is 43.6 Å². The van der Waals surface area contributed by atoms with Gasteiger partial charge >= 0.3 is 6.18 Å². The molecule has 0 aliphatic heterocycles. The molecule has 0 heterocycles. The lowest BCUT2D eigenvalue weighted by Gasteiger charge is -2.23. The SMILES string of the molecule is CCN(CCO)S(=O)(=O)c1cc(C(F)(F)F)ccc1NCc1ccc(OC2CCCCC2)cc1. The van der Waals surface area contributed by atoms with Crippen LogP contribution in [0.5, 0.6) is 5.75 Å². The van der Waals surface area contributed by atoms with Gasteiger partial charge in [-0.05, 0) is 61.6 Å². The maximum Gasteiger partial charge on any atom is 0.416 e. The molecular formula is C24H31F3N2O4S. The van der Waals surface area contributed by atoms with Gasteiger partial charge in [-0.1, -0.05) is 25.5 Å². The van der Waals surface area contributed by atoms with E-state index in [0.717, 1.165) is 40.6 Å². The Kier molecular flexibility index (Phi) is 8.83. The summed E-state index contributed by atoms with van der Waals surface area (Å²) in [4.78, 5) is -0.477. The molecule has 2 aromatic rings. The number of hydrogen-bond donors (Lipinski definition) is 2. The molecule has 0 amide bonds. The van der Waals surface area contributed by atoms with Gasteiger partial charge in [0.1, 0.15) is 10.6 Å². The fourth-order valence-corrected chi connectivity index (χ4v) is 5.65. The molecule has 3 rings (SSSR count). The Morgan fingerprint density at radius 1 is 1.09 bits per heavy atom. The zero-order chi connectivity index (χ0) is 24.8. The van der Waals surface area contributed by atoms with E-state index in [1.54, 1.807) is 6.92 Å². The first kappa shape index (κ1) is 26.3. The van der Waals surface area contributed by atoms with E-state index in [-0.39, 0.29) is 31.4 Å². The van der Waals surface area contributed by atoms with Gasteiger partial charge in [-0.25, -0.2) is 8.42 Å². The predicted octanol–water partition coefficient (Wildman–Crippen LogP) is 5.03. The summed E-state index contributed by atoms with van der Waals surface area (Å²) >= 11 is 0. The highest BCUT2D eigenvalue weighted by atomic mass is 32.2. The Balaban J connectivity index is 1.79. The van der Waals surface area contributed by atoms with Gasteiger partial charge in [-0.2, -0.15) is 17.5 Å². The second-order valence-electron chi connectivity index (χ2n) is 8.30. The largest absolute Gasteiger partial charge is 0.490 e. The van der Waals surface area contributed by atoms with Gasteiger partial charge in [0, 0.05) is 19.6 Å². The zero-order valence-electron chi connectivity index (χ0n) is 19.1. The van der Waals surface area contributed by atoms with Crippen molar-refractivity contribution in [3.05, 3.63) is 53.6 Å². The topological polar surface area (TPSA) is 78.9 Å². The number of likely N-dealkylation sites (N-methyl/N-ethyl adjacent to an activating group) is 1. The number of aliphatic hydroxyl groups is 1. The molecule has 2 N–H and O–H groups in total. The second-order valence-corrected chi connectivity index (χ2v) is 10.2. The van der Waals surface area contributed by atoms with Crippen molar-refractivity contribution in [2.45, 2.75) is 62.7 Å². The summed E-state index contributed by atoms with van der Waals surface area (Å²) in [6.45, 7) is 1.14. The number of nitrogens with zero attached hydrogens (tertiary/aromatic N) is 1. The van der Waals surface area contributed by atoms with Crippen LogP contribution in [0.15, 0.2) is 47.4 Å². The molecule has 34 heavy (non-hydrogen) atoms. The van der Waals surface area contributed by atoms with Crippen LogP contribution in [0, 0.1) is 0 Å². The molecule has 6 nitrogen and oxygen atoms in total. The molecule has 0 bridgehead atoms. The molecule has 1 fully saturated rings. The molecule has 2 aromatic carbocycles. The average Bonchev–Trinajstić information content (AvgIpc) is 2.82. The molecule has 0 unspecified atom stereocenters. The summed E-state index contributed by atoms with van der Waals surface area (Å²) in [5.74, 6) is 0.760. The van der Waals surface area contributed by atoms with Crippen molar-refractivity contribution in [1.29, 1.82) is 0 Å². The van der Waals surface area contributed by atoms with Crippen molar-refractivity contribution in [3.63, 3.8) is 0 Å². The van der Waals surface area contributed by atoms with Gasteiger partial charge in [-0.15, -0.1) is 0 Å². The van der Waals surface area contributed by atoms with Crippen LogP contribution in [0.2, 0.25) is 0 Å². The number of sulfonamides is 1. The standard InChI is InChI=1S/C24H31F3N2O4S/c1-2-29(14-15-30)34(31,32)23-16-19(24(25,26)27)10-13-22(23)28-17-18-8-11-21(12-9-18)33-20-6-4-3-5-7-20/h8-13,16,20,28,30H,2-7,14-15,17H2,1H3. The van der Waals surface area contributed by atoms with Crippen LogP contribution in [0.4, 0.5) is 18.9 Å². The highest BCUT2D eigenvalue weighted by molar-refractivity contribution is 7.89. The lowest BCUT2D eigenvalue weighted by atomic mass is 9.98. The minimum atomic E-state index is -4.69. The van der Waals surface area contributed by atoms with Gasteiger partial charge in [0.25, 0.3) is 0 Å². The number of hydrogen-bond acceptors (Lipinski definition) is 5. The van der Waals surface area contributed by atoms with Gasteiger partial charge in [0.15, 0.2) is 0 Å². The molecule has 0 spiro atoms. The Bertz CT molecular complexity index is 1040. The number of aliphatic hydroxyl groups excluding tert-OH is 1. The first-order valence-corrected chi connectivity index (χ1v) is 12.9. The normalized spacial score (nSPS) is 15.5. The van der Waals surface area contributed by atoms with Crippen LogP contribution in [0.25, 0.3) is 0 Å². The van der Waals surface area contributed by atoms with Crippen molar-refractivity contribution in [3.8, 4) is 5.75 Å². The van der Waals surface area contributed by atoms with Crippen molar-refractivity contribution in [1.82, 2.24) is 4.31 Å². The molecule has 1 aliphatic carbocycles. The Labute approximate surface area is 198 Å². The van der Waals surface area contributed by atoms with Crippen LogP contribution >= 0.6 is 0 Å². The Hall–Kier alpha value is -2.30. The zero-order valence-corrected chi connectivity index (χ0v) is 20.0. The lowest BCUT2D eigenvalue weighted by Crippen LogP contribution is -2.34. The third-order valence-electron chi connectivity index (χ3n) is 5.89. The number of alkyl halides is 3. The van der Waals surface area contributed by atoms with E-state index >= 15 is 0 Å². The smallest absolute Gasteiger partial charge is 0.416 e. The van der Waals surface area contributed by atoms with E-state index in [0.29, 0.717) is 6.07 Å². The number of rotatable bonds is 10. The maximum absolute atomic E-state index is 13.3. The summed E-state index contributed by atoms with van der Waals surface area (Å²) < 4.78 is 73.0. The molecular weight excluding hydrogens is 469 g/mol. The van der Waals surface area contributed by atoms with Crippen molar-refractivity contribution in [2.24, 2.45) is 0 Å². The molecule has 1 saturated carbocycles. The van der Waals surface area contributed by atoms with Gasteiger partial charge in [0.2, 0.25) is 10.0 Å². The Morgan fingerprint density at radius 2 is 1.76 bits per heavy atom. The summed E-state index contributed by atoms with van der Waals surface area (Å²) in [6, 6.07) is 9.99. The summed E-state index contributed by atoms with van der Waals surface area (Å²) in [7, 11) is -4.26. The Morgan fingerprint density at radius 3 is 2.35 bits per heavy atom.